The number of rotatable bonds is 7. The van der Waals surface area contributed by atoms with Crippen LogP contribution in [0.2, 0.25) is 0 Å². The van der Waals surface area contributed by atoms with E-state index in [-0.39, 0.29) is 17.7 Å². The van der Waals surface area contributed by atoms with Gasteiger partial charge in [0.1, 0.15) is 6.61 Å². The first-order valence-corrected chi connectivity index (χ1v) is 9.22. The Kier molecular flexibility index (Phi) is 6.52. The van der Waals surface area contributed by atoms with E-state index in [0.717, 1.165) is 5.56 Å². The molecule has 2 N–H and O–H groups in total. The Bertz CT molecular complexity index is 973. The van der Waals surface area contributed by atoms with Crippen molar-refractivity contribution in [2.45, 2.75) is 20.5 Å². The number of carbonyl (C=O) groups excluding carboxylic acids is 2. The Morgan fingerprint density at radius 3 is 2.38 bits per heavy atom. The molecule has 2 aromatic heterocycles. The third-order valence-electron chi connectivity index (χ3n) is 4.09. The van der Waals surface area contributed by atoms with E-state index in [1.807, 2.05) is 26.0 Å². The first-order chi connectivity index (χ1) is 14.0. The van der Waals surface area contributed by atoms with Gasteiger partial charge in [0.15, 0.2) is 11.6 Å². The molecule has 0 unspecified atom stereocenters. The van der Waals surface area contributed by atoms with E-state index in [4.69, 9.17) is 4.74 Å². The number of amides is 2. The van der Waals surface area contributed by atoms with Crippen LogP contribution in [0.3, 0.4) is 0 Å². The van der Waals surface area contributed by atoms with Gasteiger partial charge in [-0.2, -0.15) is 0 Å². The molecule has 0 saturated heterocycles. The second-order valence-corrected chi connectivity index (χ2v) is 6.67. The Morgan fingerprint density at radius 1 is 0.966 bits per heavy atom. The summed E-state index contributed by atoms with van der Waals surface area (Å²) in [6.45, 7) is 3.97. The lowest BCUT2D eigenvalue weighted by Crippen LogP contribution is -2.18. The van der Waals surface area contributed by atoms with Crippen LogP contribution < -0.4 is 15.4 Å². The number of aromatic nitrogens is 2. The van der Waals surface area contributed by atoms with Gasteiger partial charge in [0.05, 0.1) is 0 Å². The molecule has 1 aromatic carbocycles. The Hall–Kier alpha value is -3.74. The lowest BCUT2D eigenvalue weighted by atomic mass is 10.1. The number of hydrogen-bond donors (Lipinski definition) is 2. The molecule has 3 rings (SSSR count). The van der Waals surface area contributed by atoms with Gasteiger partial charge in [0, 0.05) is 35.8 Å². The summed E-state index contributed by atoms with van der Waals surface area (Å²) in [4.78, 5) is 32.5. The van der Waals surface area contributed by atoms with Crippen molar-refractivity contribution in [2.75, 3.05) is 10.6 Å². The molecule has 2 amide bonds. The largest absolute Gasteiger partial charge is 0.485 e. The van der Waals surface area contributed by atoms with Crippen molar-refractivity contribution in [1.29, 1.82) is 0 Å². The number of hydrogen-bond acceptors (Lipinski definition) is 5. The molecule has 2 heterocycles. The molecule has 3 aromatic rings. The van der Waals surface area contributed by atoms with Gasteiger partial charge < -0.3 is 15.4 Å². The lowest BCUT2D eigenvalue weighted by molar-refractivity contribution is -0.118. The predicted molar refractivity (Wildman–Crippen MR) is 111 cm³/mol. The Balaban J connectivity index is 1.65. The fourth-order valence-electron chi connectivity index (χ4n) is 2.41. The Labute approximate surface area is 169 Å². The summed E-state index contributed by atoms with van der Waals surface area (Å²) in [5, 5.41) is 5.56. The molecular formula is C22H22N4O3. The molecule has 0 fully saturated rings. The standard InChI is InChI=1S/C22H22N4O3/c1-15(2)21(27)25-18-7-5-17(6-8-18)22(28)26-20-19(4-3-11-24-20)29-14-16-9-12-23-13-10-16/h3-13,15H,14H2,1-2H3,(H,25,27)(H,24,26,28). The van der Waals surface area contributed by atoms with E-state index in [0.29, 0.717) is 29.4 Å². The molecule has 0 spiro atoms. The second kappa shape index (κ2) is 9.45. The molecule has 0 atom stereocenters. The molecule has 148 valence electrons. The van der Waals surface area contributed by atoms with Crippen LogP contribution >= 0.6 is 0 Å². The van der Waals surface area contributed by atoms with Crippen LogP contribution in [0.5, 0.6) is 5.75 Å². The van der Waals surface area contributed by atoms with E-state index >= 15 is 0 Å². The zero-order valence-electron chi connectivity index (χ0n) is 16.3. The molecule has 29 heavy (non-hydrogen) atoms. The van der Waals surface area contributed by atoms with Crippen molar-refractivity contribution in [1.82, 2.24) is 9.97 Å². The van der Waals surface area contributed by atoms with Crippen molar-refractivity contribution in [3.63, 3.8) is 0 Å². The number of benzene rings is 1. The van der Waals surface area contributed by atoms with Gasteiger partial charge >= 0.3 is 0 Å². The quantitative estimate of drug-likeness (QED) is 0.638. The third kappa shape index (κ3) is 5.62. The number of carbonyl (C=O) groups is 2. The fraction of sp³-hybridized carbons (Fsp3) is 0.182. The predicted octanol–water partition coefficient (Wildman–Crippen LogP) is 3.90. The van der Waals surface area contributed by atoms with E-state index in [1.165, 1.54) is 0 Å². The van der Waals surface area contributed by atoms with Crippen LogP contribution in [0, 0.1) is 5.92 Å². The van der Waals surface area contributed by atoms with E-state index in [2.05, 4.69) is 20.6 Å². The molecule has 0 aliphatic rings. The molecule has 0 bridgehead atoms. The number of nitrogens with one attached hydrogen (secondary N) is 2. The zero-order valence-corrected chi connectivity index (χ0v) is 16.3. The summed E-state index contributed by atoms with van der Waals surface area (Å²) < 4.78 is 5.79. The van der Waals surface area contributed by atoms with Crippen LogP contribution in [0.25, 0.3) is 0 Å². The highest BCUT2D eigenvalue weighted by molar-refractivity contribution is 6.04. The van der Waals surface area contributed by atoms with Gasteiger partial charge in [-0.05, 0) is 54.1 Å². The topological polar surface area (TPSA) is 93.2 Å². The molecule has 0 saturated carbocycles. The van der Waals surface area contributed by atoms with Crippen LogP contribution in [0.15, 0.2) is 67.1 Å². The smallest absolute Gasteiger partial charge is 0.256 e. The summed E-state index contributed by atoms with van der Waals surface area (Å²) in [7, 11) is 0. The van der Waals surface area contributed by atoms with Gasteiger partial charge in [-0.15, -0.1) is 0 Å². The van der Waals surface area contributed by atoms with Gasteiger partial charge in [0.25, 0.3) is 5.91 Å². The maximum absolute atomic E-state index is 12.6. The molecule has 7 nitrogen and oxygen atoms in total. The SMILES string of the molecule is CC(C)C(=O)Nc1ccc(C(=O)Nc2ncccc2OCc2ccncc2)cc1. The average Bonchev–Trinajstić information content (AvgIpc) is 2.74. The van der Waals surface area contributed by atoms with Gasteiger partial charge in [0.2, 0.25) is 5.91 Å². The highest BCUT2D eigenvalue weighted by atomic mass is 16.5. The van der Waals surface area contributed by atoms with E-state index < -0.39 is 0 Å². The molecule has 0 radical (unpaired) electrons. The maximum atomic E-state index is 12.6. The lowest BCUT2D eigenvalue weighted by Gasteiger charge is -2.12. The average molecular weight is 390 g/mol. The number of ether oxygens (including phenoxy) is 1. The van der Waals surface area contributed by atoms with Crippen LogP contribution in [-0.2, 0) is 11.4 Å². The maximum Gasteiger partial charge on any atom is 0.256 e. The van der Waals surface area contributed by atoms with Gasteiger partial charge in [-0.3, -0.25) is 14.6 Å². The van der Waals surface area contributed by atoms with Crippen LogP contribution in [0.4, 0.5) is 11.5 Å². The van der Waals surface area contributed by atoms with Crippen molar-refractivity contribution in [3.8, 4) is 5.75 Å². The highest BCUT2D eigenvalue weighted by Gasteiger charge is 2.12. The number of pyridine rings is 2. The first kappa shape index (κ1) is 20.0. The molecular weight excluding hydrogens is 368 g/mol. The van der Waals surface area contributed by atoms with Gasteiger partial charge in [-0.25, -0.2) is 4.98 Å². The summed E-state index contributed by atoms with van der Waals surface area (Å²) in [5.74, 6) is 0.292. The normalized spacial score (nSPS) is 10.4. The van der Waals surface area contributed by atoms with Crippen LogP contribution in [0.1, 0.15) is 29.8 Å². The van der Waals surface area contributed by atoms with Crippen molar-refractivity contribution < 1.29 is 14.3 Å². The third-order valence-corrected chi connectivity index (χ3v) is 4.09. The minimum absolute atomic E-state index is 0.0772. The Morgan fingerprint density at radius 2 is 1.69 bits per heavy atom. The van der Waals surface area contributed by atoms with Crippen molar-refractivity contribution in [2.24, 2.45) is 5.92 Å². The number of anilines is 2. The van der Waals surface area contributed by atoms with E-state index in [9.17, 15) is 9.59 Å². The van der Waals surface area contributed by atoms with Crippen molar-refractivity contribution >= 4 is 23.3 Å². The molecule has 0 aliphatic heterocycles. The fourth-order valence-corrected chi connectivity index (χ4v) is 2.41. The summed E-state index contributed by atoms with van der Waals surface area (Å²) in [6, 6.07) is 13.9. The summed E-state index contributed by atoms with van der Waals surface area (Å²) in [5.41, 5.74) is 2.04. The van der Waals surface area contributed by atoms with E-state index in [1.54, 1.807) is 55.0 Å². The highest BCUT2D eigenvalue weighted by Crippen LogP contribution is 2.23. The van der Waals surface area contributed by atoms with Gasteiger partial charge in [-0.1, -0.05) is 13.8 Å². The summed E-state index contributed by atoms with van der Waals surface area (Å²) in [6.07, 6.45) is 4.97. The minimum Gasteiger partial charge on any atom is -0.485 e. The summed E-state index contributed by atoms with van der Waals surface area (Å²) >= 11 is 0. The minimum atomic E-state index is -0.320. The number of nitrogens with zero attached hydrogens (tertiary/aromatic N) is 2. The molecule has 7 heteroatoms. The van der Waals surface area contributed by atoms with Crippen molar-refractivity contribution in [3.05, 3.63) is 78.2 Å². The first-order valence-electron chi connectivity index (χ1n) is 9.22. The monoisotopic (exact) mass is 390 g/mol. The van der Waals surface area contributed by atoms with Crippen LogP contribution in [-0.4, -0.2) is 21.8 Å². The molecule has 0 aliphatic carbocycles. The second-order valence-electron chi connectivity index (χ2n) is 6.67. The zero-order chi connectivity index (χ0) is 20.6.